The maximum atomic E-state index is 5.69. The molecule has 1 aromatic heterocycles. The third-order valence-electron chi connectivity index (χ3n) is 2.85. The van der Waals surface area contributed by atoms with Crippen molar-refractivity contribution < 1.29 is 0 Å². The smallest absolute Gasteiger partial charge is 0.181 e. The minimum atomic E-state index is 0.202. The summed E-state index contributed by atoms with van der Waals surface area (Å²) in [5.74, 6) is 0. The summed E-state index contributed by atoms with van der Waals surface area (Å²) in [7, 11) is 0. The van der Waals surface area contributed by atoms with E-state index in [0.29, 0.717) is 5.13 Å². The van der Waals surface area contributed by atoms with Crippen molar-refractivity contribution in [1.82, 2.24) is 4.98 Å². The molecular formula is C14H17BrN2S. The van der Waals surface area contributed by atoms with Gasteiger partial charge in [-0.05, 0) is 32.5 Å². The molecule has 1 heterocycles. The lowest BCUT2D eigenvalue weighted by Crippen LogP contribution is -2.10. The van der Waals surface area contributed by atoms with Crippen molar-refractivity contribution >= 4 is 32.4 Å². The molecule has 0 aliphatic rings. The molecule has 0 amide bonds. The Bertz CT molecular complexity index is 538. The largest absolute Gasteiger partial charge is 0.375 e. The van der Waals surface area contributed by atoms with Crippen LogP contribution in [-0.2, 0) is 11.8 Å². The van der Waals surface area contributed by atoms with E-state index in [-0.39, 0.29) is 5.41 Å². The van der Waals surface area contributed by atoms with Crippen LogP contribution >= 0.6 is 27.3 Å². The zero-order valence-electron chi connectivity index (χ0n) is 10.8. The molecule has 2 aromatic rings. The van der Waals surface area contributed by atoms with Crippen molar-refractivity contribution in [1.29, 1.82) is 0 Å². The lowest BCUT2D eigenvalue weighted by atomic mass is 9.86. The lowest BCUT2D eigenvalue weighted by Gasteiger charge is -2.19. The molecule has 2 rings (SSSR count). The number of nitrogens with zero attached hydrogens (tertiary/aromatic N) is 1. The van der Waals surface area contributed by atoms with Crippen molar-refractivity contribution in [3.63, 3.8) is 0 Å². The summed E-state index contributed by atoms with van der Waals surface area (Å²) in [6.07, 6.45) is 0.875. The second-order valence-corrected chi connectivity index (χ2v) is 7.26. The van der Waals surface area contributed by atoms with Gasteiger partial charge in [-0.3, -0.25) is 0 Å². The number of nitrogens with two attached hydrogens (primary N) is 1. The van der Waals surface area contributed by atoms with Gasteiger partial charge in [0.15, 0.2) is 5.13 Å². The van der Waals surface area contributed by atoms with Crippen LogP contribution in [0.5, 0.6) is 0 Å². The number of rotatable bonds is 2. The minimum Gasteiger partial charge on any atom is -0.375 e. The van der Waals surface area contributed by atoms with E-state index in [2.05, 4.69) is 66.0 Å². The van der Waals surface area contributed by atoms with Crippen molar-refractivity contribution in [2.75, 3.05) is 5.73 Å². The van der Waals surface area contributed by atoms with Gasteiger partial charge in [0.25, 0.3) is 0 Å². The third kappa shape index (κ3) is 3.12. The average molecular weight is 325 g/mol. The van der Waals surface area contributed by atoms with E-state index in [0.717, 1.165) is 11.0 Å². The molecule has 2 N–H and O–H groups in total. The van der Waals surface area contributed by atoms with E-state index < -0.39 is 0 Å². The maximum absolute atomic E-state index is 5.69. The second-order valence-electron chi connectivity index (χ2n) is 5.39. The maximum Gasteiger partial charge on any atom is 0.181 e. The van der Waals surface area contributed by atoms with Crippen LogP contribution in [0.2, 0.25) is 0 Å². The topological polar surface area (TPSA) is 38.9 Å². The number of benzene rings is 1. The van der Waals surface area contributed by atoms with Gasteiger partial charge in [0.05, 0.1) is 0 Å². The van der Waals surface area contributed by atoms with E-state index in [4.69, 9.17) is 5.73 Å². The first-order valence-electron chi connectivity index (χ1n) is 5.86. The van der Waals surface area contributed by atoms with E-state index in [1.54, 1.807) is 0 Å². The molecule has 0 radical (unpaired) electrons. The van der Waals surface area contributed by atoms with Crippen molar-refractivity contribution in [3.8, 4) is 0 Å². The van der Waals surface area contributed by atoms with Crippen LogP contribution in [0.3, 0.4) is 0 Å². The molecule has 0 unspecified atom stereocenters. The predicted molar refractivity (Wildman–Crippen MR) is 82.2 cm³/mol. The molecule has 0 spiro atoms. The molecule has 0 aliphatic heterocycles. The second kappa shape index (κ2) is 5.02. The van der Waals surface area contributed by atoms with E-state index in [1.807, 2.05) is 0 Å². The van der Waals surface area contributed by atoms with Gasteiger partial charge < -0.3 is 5.73 Å². The lowest BCUT2D eigenvalue weighted by molar-refractivity contribution is 0.590. The standard InChI is InChI=1S/C14H17BrN2S/c1-14(2,3)10-6-4-9(5-7-10)8-11-12(15)17-13(16)18-11/h4-7H,8H2,1-3H3,(H2,16,17). The molecule has 0 fully saturated rings. The van der Waals surface area contributed by atoms with Gasteiger partial charge in [-0.2, -0.15) is 0 Å². The molecule has 18 heavy (non-hydrogen) atoms. The molecule has 0 saturated heterocycles. The summed E-state index contributed by atoms with van der Waals surface area (Å²) in [5.41, 5.74) is 8.53. The molecule has 96 valence electrons. The van der Waals surface area contributed by atoms with Gasteiger partial charge >= 0.3 is 0 Å². The van der Waals surface area contributed by atoms with Crippen molar-refractivity contribution in [2.24, 2.45) is 0 Å². The average Bonchev–Trinajstić information content (AvgIpc) is 2.57. The summed E-state index contributed by atoms with van der Waals surface area (Å²) in [5, 5.41) is 0.614. The Kier molecular flexibility index (Phi) is 3.78. The van der Waals surface area contributed by atoms with Gasteiger partial charge in [0.1, 0.15) is 4.60 Å². The Labute approximate surface area is 120 Å². The SMILES string of the molecule is CC(C)(C)c1ccc(Cc2sc(N)nc2Br)cc1. The first kappa shape index (κ1) is 13.6. The normalized spacial score (nSPS) is 11.8. The summed E-state index contributed by atoms with van der Waals surface area (Å²) in [4.78, 5) is 5.35. The molecule has 0 saturated carbocycles. The van der Waals surface area contributed by atoms with Gasteiger partial charge in [-0.15, -0.1) is 11.3 Å². The minimum absolute atomic E-state index is 0.202. The third-order valence-corrected chi connectivity index (χ3v) is 4.65. The van der Waals surface area contributed by atoms with Crippen molar-refractivity contribution in [3.05, 3.63) is 44.9 Å². The molecule has 0 bridgehead atoms. The van der Waals surface area contributed by atoms with Crippen LogP contribution < -0.4 is 5.73 Å². The number of thiazole rings is 1. The Morgan fingerprint density at radius 2 is 1.83 bits per heavy atom. The predicted octanol–water partition coefficient (Wildman–Crippen LogP) is 4.38. The zero-order chi connectivity index (χ0) is 13.3. The van der Waals surface area contributed by atoms with Gasteiger partial charge in [0.2, 0.25) is 0 Å². The molecular weight excluding hydrogens is 308 g/mol. The van der Waals surface area contributed by atoms with Crippen LogP contribution in [0.4, 0.5) is 5.13 Å². The number of aromatic nitrogens is 1. The molecule has 2 nitrogen and oxygen atoms in total. The molecule has 0 atom stereocenters. The van der Waals surface area contributed by atoms with Crippen LogP contribution in [0.25, 0.3) is 0 Å². The highest BCUT2D eigenvalue weighted by Gasteiger charge is 2.13. The number of hydrogen-bond acceptors (Lipinski definition) is 3. The number of hydrogen-bond donors (Lipinski definition) is 1. The van der Waals surface area contributed by atoms with Crippen molar-refractivity contribution in [2.45, 2.75) is 32.6 Å². The van der Waals surface area contributed by atoms with E-state index in [9.17, 15) is 0 Å². The highest BCUT2D eigenvalue weighted by Crippen LogP contribution is 2.28. The zero-order valence-corrected chi connectivity index (χ0v) is 13.2. The van der Waals surface area contributed by atoms with Crippen LogP contribution in [-0.4, -0.2) is 4.98 Å². The van der Waals surface area contributed by atoms with E-state index >= 15 is 0 Å². The van der Waals surface area contributed by atoms with Crippen LogP contribution in [0, 0.1) is 0 Å². The first-order valence-corrected chi connectivity index (χ1v) is 7.47. The summed E-state index contributed by atoms with van der Waals surface area (Å²) in [6.45, 7) is 6.67. The Morgan fingerprint density at radius 1 is 1.22 bits per heavy atom. The Morgan fingerprint density at radius 3 is 2.28 bits per heavy atom. The number of anilines is 1. The fourth-order valence-corrected chi connectivity index (χ4v) is 3.22. The molecule has 4 heteroatoms. The summed E-state index contributed by atoms with van der Waals surface area (Å²) < 4.78 is 0.866. The highest BCUT2D eigenvalue weighted by atomic mass is 79.9. The first-order chi connectivity index (χ1) is 8.36. The Hall–Kier alpha value is -0.870. The van der Waals surface area contributed by atoms with Gasteiger partial charge in [0, 0.05) is 11.3 Å². The number of halogens is 1. The fraction of sp³-hybridized carbons (Fsp3) is 0.357. The quantitative estimate of drug-likeness (QED) is 0.890. The fourth-order valence-electron chi connectivity index (χ4n) is 1.77. The van der Waals surface area contributed by atoms with Gasteiger partial charge in [-0.1, -0.05) is 45.0 Å². The highest BCUT2D eigenvalue weighted by molar-refractivity contribution is 9.10. The Balaban J connectivity index is 2.18. The summed E-state index contributed by atoms with van der Waals surface area (Å²) >= 11 is 4.98. The van der Waals surface area contributed by atoms with E-state index in [1.165, 1.54) is 27.3 Å². The monoisotopic (exact) mass is 324 g/mol. The molecule has 0 aliphatic carbocycles. The number of nitrogen functional groups attached to an aromatic ring is 1. The summed E-state index contributed by atoms with van der Waals surface area (Å²) in [6, 6.07) is 8.77. The van der Waals surface area contributed by atoms with Gasteiger partial charge in [-0.25, -0.2) is 4.98 Å². The van der Waals surface area contributed by atoms with Crippen LogP contribution in [0.15, 0.2) is 28.9 Å². The molecule has 1 aromatic carbocycles. The van der Waals surface area contributed by atoms with Crippen LogP contribution in [0.1, 0.15) is 36.8 Å².